The molecular formula is C18H19NO6S. The van der Waals surface area contributed by atoms with Gasteiger partial charge in [0.05, 0.1) is 17.6 Å². The van der Waals surface area contributed by atoms with Crippen LogP contribution in [0.3, 0.4) is 0 Å². The van der Waals surface area contributed by atoms with Gasteiger partial charge in [-0.1, -0.05) is 6.07 Å². The normalized spacial score (nSPS) is 12.3. The third kappa shape index (κ3) is 4.47. The van der Waals surface area contributed by atoms with Crippen molar-refractivity contribution in [2.24, 2.45) is 0 Å². The number of rotatable bonds is 7. The van der Waals surface area contributed by atoms with E-state index in [1.54, 1.807) is 24.3 Å². The quantitative estimate of drug-likeness (QED) is 0.586. The van der Waals surface area contributed by atoms with Crippen LogP contribution >= 0.6 is 0 Å². The Hall–Kier alpha value is -2.71. The summed E-state index contributed by atoms with van der Waals surface area (Å²) in [5, 5.41) is 0. The zero-order valence-electron chi connectivity index (χ0n) is 14.6. The molecule has 0 heterocycles. The van der Waals surface area contributed by atoms with Crippen molar-refractivity contribution in [3.63, 3.8) is 0 Å². The fourth-order valence-electron chi connectivity index (χ4n) is 2.18. The Morgan fingerprint density at radius 3 is 2.27 bits per heavy atom. The zero-order valence-corrected chi connectivity index (χ0v) is 15.4. The summed E-state index contributed by atoms with van der Waals surface area (Å²) in [5.41, 5.74) is 0.410. The maximum Gasteiger partial charge on any atom is 0.338 e. The van der Waals surface area contributed by atoms with Gasteiger partial charge in [-0.05, 0) is 56.4 Å². The highest BCUT2D eigenvalue weighted by Gasteiger charge is 2.21. The number of ether oxygens (including phenoxy) is 2. The van der Waals surface area contributed by atoms with Gasteiger partial charge >= 0.3 is 5.97 Å². The Labute approximate surface area is 152 Å². The maximum atomic E-state index is 12.4. The second-order valence-corrected chi connectivity index (χ2v) is 7.26. The van der Waals surface area contributed by atoms with Crippen LogP contribution in [0.4, 0.5) is 0 Å². The first-order chi connectivity index (χ1) is 12.3. The minimum Gasteiger partial charge on any atom is -0.497 e. The first-order valence-corrected chi connectivity index (χ1v) is 9.19. The van der Waals surface area contributed by atoms with Crippen LogP contribution in [-0.4, -0.2) is 40.4 Å². The molecule has 1 N–H and O–H groups in total. The SMILES string of the molecule is CNS(=O)(=O)c1cccc(C(=O)O[C@H](C)C(=O)c2ccc(OC)cc2)c1. The molecule has 138 valence electrons. The number of esters is 1. The highest BCUT2D eigenvalue weighted by atomic mass is 32.2. The number of hydrogen-bond donors (Lipinski definition) is 1. The number of ketones is 1. The van der Waals surface area contributed by atoms with E-state index < -0.39 is 22.1 Å². The van der Waals surface area contributed by atoms with E-state index in [4.69, 9.17) is 9.47 Å². The fourth-order valence-corrected chi connectivity index (χ4v) is 2.96. The molecule has 0 saturated carbocycles. The average molecular weight is 377 g/mol. The highest BCUT2D eigenvalue weighted by Crippen LogP contribution is 2.16. The number of methoxy groups -OCH3 is 1. The molecule has 0 aromatic heterocycles. The van der Waals surface area contributed by atoms with E-state index in [-0.39, 0.29) is 16.2 Å². The lowest BCUT2D eigenvalue weighted by Crippen LogP contribution is -2.25. The van der Waals surface area contributed by atoms with E-state index in [0.29, 0.717) is 11.3 Å². The maximum absolute atomic E-state index is 12.4. The van der Waals surface area contributed by atoms with E-state index in [1.807, 2.05) is 0 Å². The predicted molar refractivity (Wildman–Crippen MR) is 94.9 cm³/mol. The van der Waals surface area contributed by atoms with E-state index in [0.717, 1.165) is 0 Å². The summed E-state index contributed by atoms with van der Waals surface area (Å²) in [4.78, 5) is 24.5. The summed E-state index contributed by atoms with van der Waals surface area (Å²) in [6, 6.07) is 11.8. The van der Waals surface area contributed by atoms with Crippen LogP contribution in [-0.2, 0) is 14.8 Å². The Bertz CT molecular complexity index is 906. The van der Waals surface area contributed by atoms with Crippen molar-refractivity contribution in [2.45, 2.75) is 17.9 Å². The smallest absolute Gasteiger partial charge is 0.338 e. The topological polar surface area (TPSA) is 98.8 Å². The van der Waals surface area contributed by atoms with Gasteiger partial charge in [0.25, 0.3) is 0 Å². The number of hydrogen-bond acceptors (Lipinski definition) is 6. The van der Waals surface area contributed by atoms with Crippen LogP contribution in [0.25, 0.3) is 0 Å². The molecule has 0 aliphatic heterocycles. The lowest BCUT2D eigenvalue weighted by Gasteiger charge is -2.13. The predicted octanol–water partition coefficient (Wildman–Crippen LogP) is 2.03. The first-order valence-electron chi connectivity index (χ1n) is 7.71. The van der Waals surface area contributed by atoms with Gasteiger partial charge in [-0.15, -0.1) is 0 Å². The van der Waals surface area contributed by atoms with Gasteiger partial charge in [-0.2, -0.15) is 0 Å². The monoisotopic (exact) mass is 377 g/mol. The molecule has 7 nitrogen and oxygen atoms in total. The van der Waals surface area contributed by atoms with Gasteiger partial charge in [0, 0.05) is 5.56 Å². The molecule has 8 heteroatoms. The van der Waals surface area contributed by atoms with Crippen molar-refractivity contribution in [3.8, 4) is 5.75 Å². The summed E-state index contributed by atoms with van der Waals surface area (Å²) in [7, 11) is -0.894. The third-order valence-electron chi connectivity index (χ3n) is 3.68. The van der Waals surface area contributed by atoms with Gasteiger partial charge in [0.1, 0.15) is 5.75 Å². The van der Waals surface area contributed by atoms with E-state index in [1.165, 1.54) is 45.3 Å². The third-order valence-corrected chi connectivity index (χ3v) is 5.09. The minimum absolute atomic E-state index is 0.0377. The zero-order chi connectivity index (χ0) is 19.3. The van der Waals surface area contributed by atoms with Crippen LogP contribution in [0.1, 0.15) is 27.6 Å². The Morgan fingerprint density at radius 1 is 1.04 bits per heavy atom. The Morgan fingerprint density at radius 2 is 1.69 bits per heavy atom. The lowest BCUT2D eigenvalue weighted by atomic mass is 10.1. The van der Waals surface area contributed by atoms with E-state index in [9.17, 15) is 18.0 Å². The molecule has 26 heavy (non-hydrogen) atoms. The van der Waals surface area contributed by atoms with Crippen LogP contribution in [0, 0.1) is 0 Å². The first kappa shape index (κ1) is 19.6. The number of sulfonamides is 1. The number of nitrogens with one attached hydrogen (secondary N) is 1. The van der Waals surface area contributed by atoms with Crippen molar-refractivity contribution < 1.29 is 27.5 Å². The Balaban J connectivity index is 2.13. The number of carbonyl (C=O) groups excluding carboxylic acids is 2. The molecule has 0 amide bonds. The number of carbonyl (C=O) groups is 2. The number of Topliss-reactive ketones (excluding diaryl/α,β-unsaturated/α-hetero) is 1. The van der Waals surface area contributed by atoms with E-state index in [2.05, 4.69) is 4.72 Å². The molecule has 2 aromatic carbocycles. The van der Waals surface area contributed by atoms with Gasteiger partial charge in [-0.3, -0.25) is 4.79 Å². The molecule has 0 radical (unpaired) electrons. The van der Waals surface area contributed by atoms with Crippen LogP contribution in [0.2, 0.25) is 0 Å². The van der Waals surface area contributed by atoms with Crippen molar-refractivity contribution >= 4 is 21.8 Å². The van der Waals surface area contributed by atoms with Gasteiger partial charge < -0.3 is 9.47 Å². The molecule has 0 bridgehead atoms. The van der Waals surface area contributed by atoms with Crippen LogP contribution in [0.5, 0.6) is 5.75 Å². The van der Waals surface area contributed by atoms with Gasteiger partial charge in [-0.25, -0.2) is 17.9 Å². The van der Waals surface area contributed by atoms with E-state index >= 15 is 0 Å². The minimum atomic E-state index is -3.69. The second kappa shape index (κ2) is 8.11. The lowest BCUT2D eigenvalue weighted by molar-refractivity contribution is 0.0318. The molecule has 2 rings (SSSR count). The average Bonchev–Trinajstić information content (AvgIpc) is 2.67. The Kier molecular flexibility index (Phi) is 6.12. The molecule has 2 aromatic rings. The van der Waals surface area contributed by atoms with Crippen LogP contribution in [0.15, 0.2) is 53.4 Å². The molecule has 1 atom stereocenters. The summed E-state index contributed by atoms with van der Waals surface area (Å²) >= 11 is 0. The molecule has 0 aliphatic carbocycles. The molecule has 0 fully saturated rings. The molecular weight excluding hydrogens is 358 g/mol. The molecule has 0 aliphatic rings. The number of benzene rings is 2. The summed E-state index contributed by atoms with van der Waals surface area (Å²) < 4.78 is 36.0. The van der Waals surface area contributed by atoms with Gasteiger partial charge in [0.15, 0.2) is 6.10 Å². The summed E-state index contributed by atoms with van der Waals surface area (Å²) in [5.74, 6) is -0.554. The van der Waals surface area contributed by atoms with Crippen molar-refractivity contribution in [2.75, 3.05) is 14.2 Å². The van der Waals surface area contributed by atoms with Crippen LogP contribution < -0.4 is 9.46 Å². The summed E-state index contributed by atoms with van der Waals surface area (Å²) in [6.45, 7) is 1.46. The summed E-state index contributed by atoms with van der Waals surface area (Å²) in [6.07, 6.45) is -1.03. The molecule has 0 saturated heterocycles. The molecule has 0 unspecified atom stereocenters. The van der Waals surface area contributed by atoms with Crippen molar-refractivity contribution in [3.05, 3.63) is 59.7 Å². The highest BCUT2D eigenvalue weighted by molar-refractivity contribution is 7.89. The second-order valence-electron chi connectivity index (χ2n) is 5.38. The fraction of sp³-hybridized carbons (Fsp3) is 0.222. The standard InChI is InChI=1S/C18H19NO6S/c1-12(17(20)13-7-9-15(24-3)10-8-13)25-18(21)14-5-4-6-16(11-14)26(22,23)19-2/h4-12,19H,1-3H3/t12-/m1/s1. The van der Waals surface area contributed by atoms with Crippen molar-refractivity contribution in [1.82, 2.24) is 4.72 Å². The largest absolute Gasteiger partial charge is 0.497 e. The van der Waals surface area contributed by atoms with Gasteiger partial charge in [0.2, 0.25) is 15.8 Å². The molecule has 0 spiro atoms. The van der Waals surface area contributed by atoms with Crippen molar-refractivity contribution in [1.29, 1.82) is 0 Å².